The van der Waals surface area contributed by atoms with Crippen LogP contribution in [-0.2, 0) is 27.9 Å². The van der Waals surface area contributed by atoms with Gasteiger partial charge >= 0.3 is 5.97 Å². The third kappa shape index (κ3) is 20.9. The molecule has 0 aromatic rings. The number of unbranched alkanes of at least 4 members (excludes halogenated alkanes) is 15. The lowest BCUT2D eigenvalue weighted by Crippen LogP contribution is -2.38. The molecule has 1 aliphatic rings. The minimum absolute atomic E-state index is 0.0623. The molecule has 0 saturated carbocycles. The highest BCUT2D eigenvalue weighted by Crippen LogP contribution is 2.40. The summed E-state index contributed by atoms with van der Waals surface area (Å²) in [5.74, 6) is -0.273. The van der Waals surface area contributed by atoms with E-state index in [1.807, 2.05) is 21.1 Å². The van der Waals surface area contributed by atoms with Gasteiger partial charge in [-0.1, -0.05) is 103 Å². The number of cyclic esters (lactones) is 1. The molecule has 1 saturated heterocycles. The van der Waals surface area contributed by atoms with Gasteiger partial charge in [-0.05, 0) is 6.42 Å². The van der Waals surface area contributed by atoms with Crippen LogP contribution in [0.5, 0.6) is 0 Å². The molecule has 2 atom stereocenters. The number of quaternary nitrogens is 1. The summed E-state index contributed by atoms with van der Waals surface area (Å²) in [6, 6.07) is 0. The van der Waals surface area contributed by atoms with E-state index in [1.54, 1.807) is 0 Å². The first-order chi connectivity index (χ1) is 18.6. The van der Waals surface area contributed by atoms with Crippen LogP contribution < -0.4 is 4.89 Å². The summed E-state index contributed by atoms with van der Waals surface area (Å²) in [6.45, 7) is 3.67. The zero-order valence-electron chi connectivity index (χ0n) is 25.7. The molecule has 1 fully saturated rings. The van der Waals surface area contributed by atoms with Crippen LogP contribution in [0.25, 0.3) is 0 Å². The molecule has 0 radical (unpaired) electrons. The molecule has 1 aliphatic heterocycles. The lowest BCUT2D eigenvalue weighted by atomic mass is 9.97. The number of rotatable bonds is 27. The molecular weight excluding hydrogens is 517 g/mol. The fourth-order valence-electron chi connectivity index (χ4n) is 4.84. The molecule has 8 nitrogen and oxygen atoms in total. The molecule has 1 rings (SSSR count). The number of phosphoric acid groups is 1. The molecule has 0 aliphatic carbocycles. The zero-order valence-corrected chi connectivity index (χ0v) is 26.6. The van der Waals surface area contributed by atoms with Crippen LogP contribution in [0.3, 0.4) is 0 Å². The van der Waals surface area contributed by atoms with Crippen LogP contribution in [0.4, 0.5) is 0 Å². The molecule has 39 heavy (non-hydrogen) atoms. The number of carbonyl (C=O) groups is 1. The Balaban J connectivity index is 2.04. The maximum Gasteiger partial charge on any atom is 0.306 e. The van der Waals surface area contributed by atoms with Crippen molar-refractivity contribution in [2.24, 2.45) is 0 Å². The van der Waals surface area contributed by atoms with Crippen molar-refractivity contribution in [3.05, 3.63) is 0 Å². The number of ether oxygens (including phenoxy) is 2. The Morgan fingerprint density at radius 3 is 1.74 bits per heavy atom. The number of phosphoric ester groups is 1. The summed E-state index contributed by atoms with van der Waals surface area (Å²) in [6.07, 6.45) is 22.3. The van der Waals surface area contributed by atoms with Crippen molar-refractivity contribution in [2.45, 2.75) is 135 Å². The highest BCUT2D eigenvalue weighted by atomic mass is 31.2. The molecule has 0 aromatic heterocycles. The molecule has 0 aromatic carbocycles. The van der Waals surface area contributed by atoms with Crippen molar-refractivity contribution in [2.75, 3.05) is 54.1 Å². The number of hydrogen-bond donors (Lipinski definition) is 0. The summed E-state index contributed by atoms with van der Waals surface area (Å²) >= 11 is 0. The minimum Gasteiger partial charge on any atom is -0.756 e. The monoisotopic (exact) mass is 577 g/mol. The molecule has 0 amide bonds. The highest BCUT2D eigenvalue weighted by molar-refractivity contribution is 7.45. The summed E-state index contributed by atoms with van der Waals surface area (Å²) in [4.78, 5) is 23.8. The fourth-order valence-corrected chi connectivity index (χ4v) is 5.54. The minimum atomic E-state index is -4.39. The van der Waals surface area contributed by atoms with Gasteiger partial charge in [0, 0.05) is 25.9 Å². The van der Waals surface area contributed by atoms with Gasteiger partial charge in [0.25, 0.3) is 7.82 Å². The van der Waals surface area contributed by atoms with E-state index in [0.29, 0.717) is 30.5 Å². The third-order valence-electron chi connectivity index (χ3n) is 7.44. The maximum absolute atomic E-state index is 12.0. The van der Waals surface area contributed by atoms with Crippen molar-refractivity contribution in [3.8, 4) is 0 Å². The number of carbonyl (C=O) groups excluding carboxylic acids is 1. The standard InChI is InChI=1S/C30H60NO7P/c1-5-6-7-8-9-10-11-12-13-14-15-16-17-18-19-20-25-35-28-30(22-21-29(32)38-30)23-26-36-39(33,34)37-27-24-31(2,3)4/h5-28H2,1-4H3. The topological polar surface area (TPSA) is 94.1 Å². The molecule has 0 bridgehead atoms. The largest absolute Gasteiger partial charge is 0.756 e. The quantitative estimate of drug-likeness (QED) is 0.0452. The Bertz CT molecular complexity index is 670. The number of likely N-dealkylation sites (N-methyl/N-ethyl adjacent to an activating group) is 1. The van der Waals surface area contributed by atoms with Crippen molar-refractivity contribution in [1.29, 1.82) is 0 Å². The van der Waals surface area contributed by atoms with E-state index >= 15 is 0 Å². The third-order valence-corrected chi connectivity index (χ3v) is 8.44. The van der Waals surface area contributed by atoms with E-state index < -0.39 is 13.4 Å². The van der Waals surface area contributed by atoms with Gasteiger partial charge < -0.3 is 27.9 Å². The molecular formula is C30H60NO7P. The van der Waals surface area contributed by atoms with Crippen LogP contribution in [0.1, 0.15) is 129 Å². The van der Waals surface area contributed by atoms with Crippen LogP contribution in [0.2, 0.25) is 0 Å². The predicted octanol–water partition coefficient (Wildman–Crippen LogP) is 6.94. The normalized spacial score (nSPS) is 19.4. The van der Waals surface area contributed by atoms with Gasteiger partial charge in [0.15, 0.2) is 0 Å². The van der Waals surface area contributed by atoms with E-state index in [-0.39, 0.29) is 32.2 Å². The van der Waals surface area contributed by atoms with Crippen molar-refractivity contribution < 1.29 is 37.3 Å². The number of nitrogens with zero attached hydrogens (tertiary/aromatic N) is 1. The van der Waals surface area contributed by atoms with E-state index in [4.69, 9.17) is 18.5 Å². The fraction of sp³-hybridized carbons (Fsp3) is 0.967. The zero-order chi connectivity index (χ0) is 28.9. The Morgan fingerprint density at radius 2 is 1.28 bits per heavy atom. The van der Waals surface area contributed by atoms with Gasteiger partial charge in [-0.15, -0.1) is 0 Å². The smallest absolute Gasteiger partial charge is 0.306 e. The van der Waals surface area contributed by atoms with Crippen molar-refractivity contribution >= 4 is 13.8 Å². The first-order valence-corrected chi connectivity index (χ1v) is 17.2. The van der Waals surface area contributed by atoms with Crippen molar-refractivity contribution in [3.63, 3.8) is 0 Å². The van der Waals surface area contributed by atoms with E-state index in [0.717, 1.165) is 12.8 Å². The number of hydrogen-bond acceptors (Lipinski definition) is 7. The second-order valence-corrected chi connectivity index (χ2v) is 13.8. The lowest BCUT2D eigenvalue weighted by molar-refractivity contribution is -0.870. The second kappa shape index (κ2) is 21.2. The Hall–Kier alpha value is -0.500. The van der Waals surface area contributed by atoms with E-state index in [9.17, 15) is 14.3 Å². The molecule has 0 spiro atoms. The summed E-state index contributed by atoms with van der Waals surface area (Å²) < 4.78 is 34.0. The van der Waals surface area contributed by atoms with Gasteiger partial charge in [0.2, 0.25) is 0 Å². The molecule has 9 heteroatoms. The summed E-state index contributed by atoms with van der Waals surface area (Å²) in [5, 5.41) is 0. The van der Waals surface area contributed by atoms with Crippen molar-refractivity contribution in [1.82, 2.24) is 0 Å². The van der Waals surface area contributed by atoms with Crippen LogP contribution in [-0.4, -0.2) is 70.2 Å². The Morgan fingerprint density at radius 1 is 0.795 bits per heavy atom. The van der Waals surface area contributed by atoms with Gasteiger partial charge in [0.05, 0.1) is 34.4 Å². The molecule has 2 unspecified atom stereocenters. The lowest BCUT2D eigenvalue weighted by Gasteiger charge is -2.30. The summed E-state index contributed by atoms with van der Waals surface area (Å²) in [5.41, 5.74) is -0.811. The average Bonchev–Trinajstić information content (AvgIpc) is 3.22. The second-order valence-electron chi connectivity index (χ2n) is 12.4. The predicted molar refractivity (Wildman–Crippen MR) is 155 cm³/mol. The summed E-state index contributed by atoms with van der Waals surface area (Å²) in [7, 11) is 1.48. The SMILES string of the molecule is CCCCCCCCCCCCCCCCCCOCC1(CCOP(=O)([O-])OCC[N+](C)(C)C)CCC(=O)O1. The average molecular weight is 578 g/mol. The first-order valence-electron chi connectivity index (χ1n) is 15.8. The first kappa shape index (κ1) is 36.5. The van der Waals surface area contributed by atoms with Gasteiger partial charge in [-0.25, -0.2) is 0 Å². The van der Waals surface area contributed by atoms with Gasteiger partial charge in [-0.2, -0.15) is 0 Å². The van der Waals surface area contributed by atoms with Crippen LogP contribution >= 0.6 is 7.82 Å². The maximum atomic E-state index is 12.0. The van der Waals surface area contributed by atoms with E-state index in [1.165, 1.54) is 89.9 Å². The van der Waals surface area contributed by atoms with Crippen LogP contribution in [0, 0.1) is 0 Å². The molecule has 1 heterocycles. The Kier molecular flexibility index (Phi) is 19.9. The van der Waals surface area contributed by atoms with Gasteiger partial charge in [0.1, 0.15) is 18.8 Å². The Labute approximate surface area is 239 Å². The van der Waals surface area contributed by atoms with Gasteiger partial charge in [-0.3, -0.25) is 9.36 Å². The highest BCUT2D eigenvalue weighted by Gasteiger charge is 2.40. The number of esters is 1. The van der Waals surface area contributed by atoms with Crippen LogP contribution in [0.15, 0.2) is 0 Å². The molecule has 232 valence electrons. The molecule has 0 N–H and O–H groups in total. The van der Waals surface area contributed by atoms with E-state index in [2.05, 4.69) is 6.92 Å².